The molecule has 0 aliphatic rings. The fraction of sp³-hybridized carbons (Fsp3) is 0. The maximum Gasteiger partial charge on any atom is 0.233 e. The molecule has 0 saturated carbocycles. The van der Waals surface area contributed by atoms with Crippen LogP contribution in [-0.2, 0) is 0 Å². The number of aromatic nitrogens is 4. The lowest BCUT2D eigenvalue weighted by Gasteiger charge is -2.04. The van der Waals surface area contributed by atoms with Gasteiger partial charge in [0.15, 0.2) is 28.9 Å². The summed E-state index contributed by atoms with van der Waals surface area (Å²) in [5.74, 6) is -11.1. The number of nitrogens with zero attached hydrogens (tertiary/aromatic N) is 4. The summed E-state index contributed by atoms with van der Waals surface area (Å²) in [6.07, 6.45) is 2.82. The monoisotopic (exact) mass is 352 g/mol. The predicted molar refractivity (Wildman–Crippen MR) is 74.2 cm³/mol. The molecule has 25 heavy (non-hydrogen) atoms. The Balaban J connectivity index is 1.91. The molecule has 2 aromatic carbocycles. The molecule has 4 aromatic rings. The Bertz CT molecular complexity index is 1080. The summed E-state index contributed by atoms with van der Waals surface area (Å²) in [4.78, 5) is 3.83. The third-order valence-electron chi connectivity index (χ3n) is 3.51. The molecule has 0 saturated heterocycles. The fourth-order valence-corrected chi connectivity index (χ4v) is 2.31. The van der Waals surface area contributed by atoms with Crippen molar-refractivity contribution in [1.29, 1.82) is 0 Å². The van der Waals surface area contributed by atoms with Crippen molar-refractivity contribution in [1.82, 2.24) is 19.7 Å². The second-order valence-electron chi connectivity index (χ2n) is 4.99. The Morgan fingerprint density at radius 2 is 1.40 bits per heavy atom. The van der Waals surface area contributed by atoms with Crippen LogP contribution < -0.4 is 0 Å². The molecule has 2 heterocycles. The van der Waals surface area contributed by atoms with E-state index >= 15 is 0 Å². The molecule has 126 valence electrons. The second kappa shape index (κ2) is 5.36. The van der Waals surface area contributed by atoms with Gasteiger partial charge in [0.1, 0.15) is 23.7 Å². The van der Waals surface area contributed by atoms with E-state index in [2.05, 4.69) is 15.2 Å². The molecule has 4 rings (SSSR count). The van der Waals surface area contributed by atoms with Crippen LogP contribution in [0.4, 0.5) is 22.0 Å². The summed E-state index contributed by atoms with van der Waals surface area (Å²) in [5, 5.41) is 7.27. The highest BCUT2D eigenvalue weighted by Crippen LogP contribution is 2.33. The first-order valence-corrected chi connectivity index (χ1v) is 6.74. The third-order valence-corrected chi connectivity index (χ3v) is 3.51. The largest absolute Gasteiger partial charge is 0.436 e. The first-order chi connectivity index (χ1) is 12.0. The lowest BCUT2D eigenvalue weighted by Crippen LogP contribution is -2.04. The quantitative estimate of drug-likeness (QED) is 0.313. The van der Waals surface area contributed by atoms with Gasteiger partial charge in [-0.3, -0.25) is 4.57 Å². The number of hydrogen-bond donors (Lipinski definition) is 0. The first-order valence-electron chi connectivity index (χ1n) is 6.74. The van der Waals surface area contributed by atoms with Crippen molar-refractivity contribution < 1.29 is 26.4 Å². The maximum absolute atomic E-state index is 13.9. The van der Waals surface area contributed by atoms with Crippen molar-refractivity contribution in [2.24, 2.45) is 0 Å². The molecular formula is C15H5F5N4O. The minimum absolute atomic E-state index is 0.107. The Hall–Kier alpha value is -3.30. The van der Waals surface area contributed by atoms with Gasteiger partial charge in [-0.15, -0.1) is 10.2 Å². The molecule has 0 radical (unpaired) electrons. The molecule has 0 spiro atoms. The van der Waals surface area contributed by atoms with Crippen LogP contribution in [0.3, 0.4) is 0 Å². The van der Waals surface area contributed by atoms with Crippen LogP contribution >= 0.6 is 0 Å². The van der Waals surface area contributed by atoms with Gasteiger partial charge in [-0.25, -0.2) is 26.9 Å². The zero-order valence-electron chi connectivity index (χ0n) is 12.0. The Morgan fingerprint density at radius 1 is 0.800 bits per heavy atom. The van der Waals surface area contributed by atoms with Crippen LogP contribution in [0.15, 0.2) is 35.3 Å². The fourth-order valence-electron chi connectivity index (χ4n) is 2.31. The number of rotatable bonds is 2. The van der Waals surface area contributed by atoms with E-state index in [0.717, 1.165) is 0 Å². The van der Waals surface area contributed by atoms with Gasteiger partial charge in [0.25, 0.3) is 0 Å². The standard InChI is InChI=1S/C15H5F5N4O/c16-10-9(11(17)13(19)14(20)12(10)18)15-23-7-3-6(1-2-8(7)25-15)24-4-21-22-5-24/h1-5H. The number of fused-ring (bicyclic) bond motifs is 1. The molecule has 0 amide bonds. The summed E-state index contributed by atoms with van der Waals surface area (Å²) in [5.41, 5.74) is -0.394. The van der Waals surface area contributed by atoms with E-state index in [1.54, 1.807) is 6.07 Å². The van der Waals surface area contributed by atoms with Crippen LogP contribution in [0, 0.1) is 29.1 Å². The molecule has 10 heteroatoms. The smallest absolute Gasteiger partial charge is 0.233 e. The highest BCUT2D eigenvalue weighted by Gasteiger charge is 2.29. The second-order valence-corrected chi connectivity index (χ2v) is 4.99. The molecule has 0 atom stereocenters. The van der Waals surface area contributed by atoms with Crippen molar-refractivity contribution in [3.05, 3.63) is 59.9 Å². The molecule has 0 aliphatic heterocycles. The van der Waals surface area contributed by atoms with E-state index < -0.39 is 40.5 Å². The third kappa shape index (κ3) is 2.25. The van der Waals surface area contributed by atoms with Gasteiger partial charge in [-0.2, -0.15) is 0 Å². The van der Waals surface area contributed by atoms with Crippen molar-refractivity contribution in [2.45, 2.75) is 0 Å². The van der Waals surface area contributed by atoms with Gasteiger partial charge in [0.2, 0.25) is 11.7 Å². The summed E-state index contributed by atoms with van der Waals surface area (Å²) >= 11 is 0. The summed E-state index contributed by atoms with van der Waals surface area (Å²) in [6.45, 7) is 0. The molecule has 5 nitrogen and oxygen atoms in total. The van der Waals surface area contributed by atoms with Crippen LogP contribution in [-0.4, -0.2) is 19.7 Å². The van der Waals surface area contributed by atoms with E-state index in [-0.39, 0.29) is 11.1 Å². The Morgan fingerprint density at radius 3 is 2.04 bits per heavy atom. The predicted octanol–water partition coefficient (Wildman–Crippen LogP) is 3.77. The molecule has 0 bridgehead atoms. The van der Waals surface area contributed by atoms with Gasteiger partial charge >= 0.3 is 0 Å². The number of halogens is 5. The SMILES string of the molecule is Fc1c(F)c(F)c(-c2nc3cc(-n4cnnc4)ccc3o2)c(F)c1F. The lowest BCUT2D eigenvalue weighted by molar-refractivity contribution is 0.379. The van der Waals surface area contributed by atoms with Gasteiger partial charge in [0, 0.05) is 0 Å². The highest BCUT2D eigenvalue weighted by molar-refractivity contribution is 5.78. The highest BCUT2D eigenvalue weighted by atomic mass is 19.2. The molecule has 0 fully saturated rings. The Kier molecular flexibility index (Phi) is 3.27. The average Bonchev–Trinajstić information content (AvgIpc) is 3.27. The van der Waals surface area contributed by atoms with Gasteiger partial charge in [-0.05, 0) is 18.2 Å². The van der Waals surface area contributed by atoms with E-state index in [9.17, 15) is 22.0 Å². The zero-order valence-corrected chi connectivity index (χ0v) is 12.0. The zero-order chi connectivity index (χ0) is 17.7. The first kappa shape index (κ1) is 15.2. The summed E-state index contributed by atoms with van der Waals surface area (Å²) in [7, 11) is 0. The van der Waals surface area contributed by atoms with Crippen LogP contribution in [0.25, 0.3) is 28.2 Å². The molecule has 2 aromatic heterocycles. The number of hydrogen-bond acceptors (Lipinski definition) is 4. The van der Waals surface area contributed by atoms with Crippen molar-refractivity contribution in [2.75, 3.05) is 0 Å². The molecule has 0 N–H and O–H groups in total. The Labute approximate surface area is 135 Å². The normalized spacial score (nSPS) is 11.4. The van der Waals surface area contributed by atoms with E-state index in [0.29, 0.717) is 5.69 Å². The molecule has 0 aliphatic carbocycles. The summed E-state index contributed by atoms with van der Waals surface area (Å²) < 4.78 is 74.3. The van der Waals surface area contributed by atoms with E-state index in [1.807, 2.05) is 0 Å². The van der Waals surface area contributed by atoms with E-state index in [1.165, 1.54) is 29.4 Å². The number of benzene rings is 2. The van der Waals surface area contributed by atoms with Gasteiger partial charge < -0.3 is 4.42 Å². The average molecular weight is 352 g/mol. The van der Waals surface area contributed by atoms with Crippen molar-refractivity contribution >= 4 is 11.1 Å². The van der Waals surface area contributed by atoms with Gasteiger partial charge in [-0.1, -0.05) is 0 Å². The minimum Gasteiger partial charge on any atom is -0.436 e. The topological polar surface area (TPSA) is 56.7 Å². The summed E-state index contributed by atoms with van der Waals surface area (Å²) in [6, 6.07) is 4.50. The maximum atomic E-state index is 13.9. The van der Waals surface area contributed by atoms with Crippen LogP contribution in [0.5, 0.6) is 0 Å². The van der Waals surface area contributed by atoms with Gasteiger partial charge in [0.05, 0.1) is 5.69 Å². The molecule has 0 unspecified atom stereocenters. The van der Waals surface area contributed by atoms with Crippen molar-refractivity contribution in [3.8, 4) is 17.1 Å². The van der Waals surface area contributed by atoms with Crippen molar-refractivity contribution in [3.63, 3.8) is 0 Å². The molecular weight excluding hydrogens is 347 g/mol. The minimum atomic E-state index is -2.25. The van der Waals surface area contributed by atoms with E-state index in [4.69, 9.17) is 4.42 Å². The number of oxazole rings is 1. The van der Waals surface area contributed by atoms with Crippen LogP contribution in [0.1, 0.15) is 0 Å². The van der Waals surface area contributed by atoms with Crippen LogP contribution in [0.2, 0.25) is 0 Å². The lowest BCUT2D eigenvalue weighted by atomic mass is 10.1.